The summed E-state index contributed by atoms with van der Waals surface area (Å²) in [6.45, 7) is 9.66. The number of piperazine rings is 1. The molecular formula is C15H22N4. The van der Waals surface area contributed by atoms with Crippen LogP contribution in [0.15, 0.2) is 12.1 Å². The van der Waals surface area contributed by atoms with Crippen molar-refractivity contribution in [2.75, 3.05) is 26.2 Å². The summed E-state index contributed by atoms with van der Waals surface area (Å²) in [5.41, 5.74) is 5.02. The lowest BCUT2D eigenvalue weighted by Crippen LogP contribution is -2.43. The third-order valence-corrected chi connectivity index (χ3v) is 4.16. The first-order valence-corrected chi connectivity index (χ1v) is 7.01. The second-order valence-corrected chi connectivity index (χ2v) is 5.54. The van der Waals surface area contributed by atoms with Crippen LogP contribution >= 0.6 is 0 Å². The van der Waals surface area contributed by atoms with Gasteiger partial charge in [0.2, 0.25) is 0 Å². The van der Waals surface area contributed by atoms with Gasteiger partial charge in [-0.15, -0.1) is 0 Å². The molecule has 0 unspecified atom stereocenters. The van der Waals surface area contributed by atoms with Gasteiger partial charge >= 0.3 is 0 Å². The Morgan fingerprint density at radius 3 is 2.58 bits per heavy atom. The largest absolute Gasteiger partial charge is 0.330 e. The maximum atomic E-state index is 4.81. The number of hydrogen-bond acceptors (Lipinski definition) is 3. The quantitative estimate of drug-likeness (QED) is 0.888. The summed E-state index contributed by atoms with van der Waals surface area (Å²) >= 11 is 0. The molecule has 1 fully saturated rings. The number of rotatable bonds is 2. The molecule has 0 amide bonds. The maximum Gasteiger partial charge on any atom is 0.123 e. The van der Waals surface area contributed by atoms with Crippen LogP contribution in [-0.4, -0.2) is 40.6 Å². The van der Waals surface area contributed by atoms with E-state index in [1.165, 1.54) is 22.5 Å². The Hall–Kier alpha value is -1.39. The van der Waals surface area contributed by atoms with E-state index in [0.29, 0.717) is 0 Å². The van der Waals surface area contributed by atoms with Gasteiger partial charge < -0.3 is 9.88 Å². The monoisotopic (exact) mass is 258 g/mol. The van der Waals surface area contributed by atoms with Gasteiger partial charge in [-0.3, -0.25) is 4.90 Å². The fourth-order valence-electron chi connectivity index (χ4n) is 2.71. The van der Waals surface area contributed by atoms with Crippen LogP contribution in [0.5, 0.6) is 0 Å². The summed E-state index contributed by atoms with van der Waals surface area (Å²) in [6.07, 6.45) is 0. The van der Waals surface area contributed by atoms with Gasteiger partial charge in [0.05, 0.1) is 17.6 Å². The van der Waals surface area contributed by atoms with Crippen molar-refractivity contribution in [2.24, 2.45) is 7.05 Å². The number of imidazole rings is 1. The van der Waals surface area contributed by atoms with Crippen LogP contribution in [0.2, 0.25) is 0 Å². The first-order chi connectivity index (χ1) is 9.15. The van der Waals surface area contributed by atoms with Crippen molar-refractivity contribution in [1.82, 2.24) is 19.8 Å². The number of nitrogens with one attached hydrogen (secondary N) is 1. The highest BCUT2D eigenvalue weighted by atomic mass is 15.2. The number of benzene rings is 1. The van der Waals surface area contributed by atoms with Crippen LogP contribution in [-0.2, 0) is 13.6 Å². The fraction of sp³-hybridized carbons (Fsp3) is 0.533. The molecule has 1 aliphatic rings. The number of nitrogens with zero attached hydrogens (tertiary/aromatic N) is 3. The van der Waals surface area contributed by atoms with Crippen LogP contribution in [0.1, 0.15) is 17.0 Å². The summed E-state index contributed by atoms with van der Waals surface area (Å²) in [5.74, 6) is 1.17. The predicted octanol–water partition coefficient (Wildman–Crippen LogP) is 1.60. The fourth-order valence-corrected chi connectivity index (χ4v) is 2.71. The Morgan fingerprint density at radius 1 is 1.16 bits per heavy atom. The molecule has 2 heterocycles. The van der Waals surface area contributed by atoms with Gasteiger partial charge in [0, 0.05) is 33.2 Å². The molecule has 0 saturated carbocycles. The van der Waals surface area contributed by atoms with Crippen molar-refractivity contribution in [1.29, 1.82) is 0 Å². The lowest BCUT2D eigenvalue weighted by Gasteiger charge is -2.26. The molecule has 102 valence electrons. The highest BCUT2D eigenvalue weighted by Gasteiger charge is 2.14. The second-order valence-electron chi connectivity index (χ2n) is 5.54. The van der Waals surface area contributed by atoms with E-state index >= 15 is 0 Å². The van der Waals surface area contributed by atoms with E-state index in [1.807, 2.05) is 0 Å². The standard InChI is InChI=1S/C15H22N4/c1-11-8-13-14(9-12(11)2)18(3)15(17-13)10-19-6-4-16-5-7-19/h8-9,16H,4-7,10H2,1-3H3. The third kappa shape index (κ3) is 2.38. The van der Waals surface area contributed by atoms with Crippen LogP contribution < -0.4 is 5.32 Å². The molecule has 4 heteroatoms. The minimum absolute atomic E-state index is 0.949. The van der Waals surface area contributed by atoms with Crippen molar-refractivity contribution in [2.45, 2.75) is 20.4 Å². The Labute approximate surface area is 114 Å². The van der Waals surface area contributed by atoms with E-state index in [9.17, 15) is 0 Å². The highest BCUT2D eigenvalue weighted by Crippen LogP contribution is 2.20. The van der Waals surface area contributed by atoms with E-state index in [4.69, 9.17) is 4.98 Å². The van der Waals surface area contributed by atoms with Gasteiger partial charge in [-0.05, 0) is 37.1 Å². The van der Waals surface area contributed by atoms with Crippen molar-refractivity contribution in [3.8, 4) is 0 Å². The van der Waals surface area contributed by atoms with Gasteiger partial charge in [0.15, 0.2) is 0 Å². The second kappa shape index (κ2) is 4.94. The summed E-state index contributed by atoms with van der Waals surface area (Å²) < 4.78 is 2.24. The number of fused-ring (bicyclic) bond motifs is 1. The highest BCUT2D eigenvalue weighted by molar-refractivity contribution is 5.78. The van der Waals surface area contributed by atoms with E-state index in [-0.39, 0.29) is 0 Å². The lowest BCUT2D eigenvalue weighted by molar-refractivity contribution is 0.226. The molecule has 19 heavy (non-hydrogen) atoms. The summed E-state index contributed by atoms with van der Waals surface area (Å²) in [7, 11) is 2.13. The van der Waals surface area contributed by atoms with Gasteiger partial charge in [0.1, 0.15) is 5.82 Å². The van der Waals surface area contributed by atoms with Crippen molar-refractivity contribution in [3.63, 3.8) is 0 Å². The van der Waals surface area contributed by atoms with Crippen molar-refractivity contribution >= 4 is 11.0 Å². The molecule has 3 rings (SSSR count). The van der Waals surface area contributed by atoms with Crippen LogP contribution in [0.3, 0.4) is 0 Å². The molecule has 0 spiro atoms. The number of aryl methyl sites for hydroxylation is 3. The smallest absolute Gasteiger partial charge is 0.123 e. The molecule has 1 aliphatic heterocycles. The molecular weight excluding hydrogens is 236 g/mol. The predicted molar refractivity (Wildman–Crippen MR) is 78.3 cm³/mol. The first-order valence-electron chi connectivity index (χ1n) is 7.01. The Morgan fingerprint density at radius 2 is 1.84 bits per heavy atom. The van der Waals surface area contributed by atoms with Crippen molar-refractivity contribution < 1.29 is 0 Å². The molecule has 1 N–H and O–H groups in total. The van der Waals surface area contributed by atoms with E-state index in [1.54, 1.807) is 0 Å². The zero-order chi connectivity index (χ0) is 13.4. The summed E-state index contributed by atoms with van der Waals surface area (Å²) in [5, 5.41) is 3.39. The van der Waals surface area contributed by atoms with Crippen LogP contribution in [0.25, 0.3) is 11.0 Å². The summed E-state index contributed by atoms with van der Waals surface area (Å²) in [6, 6.07) is 4.45. The minimum Gasteiger partial charge on any atom is -0.330 e. The average molecular weight is 258 g/mol. The van der Waals surface area contributed by atoms with E-state index in [0.717, 1.165) is 38.2 Å². The third-order valence-electron chi connectivity index (χ3n) is 4.16. The molecule has 1 saturated heterocycles. The normalized spacial score (nSPS) is 17.2. The molecule has 0 bridgehead atoms. The van der Waals surface area contributed by atoms with E-state index < -0.39 is 0 Å². The molecule has 0 radical (unpaired) electrons. The van der Waals surface area contributed by atoms with Crippen LogP contribution in [0, 0.1) is 13.8 Å². The van der Waals surface area contributed by atoms with Gasteiger partial charge in [0.25, 0.3) is 0 Å². The molecule has 4 nitrogen and oxygen atoms in total. The first kappa shape index (κ1) is 12.6. The lowest BCUT2D eigenvalue weighted by atomic mass is 10.1. The molecule has 1 aromatic carbocycles. The molecule has 0 aliphatic carbocycles. The topological polar surface area (TPSA) is 33.1 Å². The molecule has 2 aromatic rings. The number of hydrogen-bond donors (Lipinski definition) is 1. The zero-order valence-electron chi connectivity index (χ0n) is 12.0. The van der Waals surface area contributed by atoms with Crippen molar-refractivity contribution in [3.05, 3.63) is 29.1 Å². The molecule has 0 atom stereocenters. The Kier molecular flexibility index (Phi) is 3.29. The SMILES string of the molecule is Cc1cc2nc(CN3CCNCC3)n(C)c2cc1C. The summed E-state index contributed by atoms with van der Waals surface area (Å²) in [4.78, 5) is 7.28. The molecule has 1 aromatic heterocycles. The van der Waals surface area contributed by atoms with Gasteiger partial charge in [-0.2, -0.15) is 0 Å². The number of aromatic nitrogens is 2. The minimum atomic E-state index is 0.949. The zero-order valence-corrected chi connectivity index (χ0v) is 12.0. The average Bonchev–Trinajstić information content (AvgIpc) is 2.69. The van der Waals surface area contributed by atoms with E-state index in [2.05, 4.69) is 47.8 Å². The maximum absolute atomic E-state index is 4.81. The van der Waals surface area contributed by atoms with Crippen LogP contribution in [0.4, 0.5) is 0 Å². The van der Waals surface area contributed by atoms with Gasteiger partial charge in [-0.25, -0.2) is 4.98 Å². The van der Waals surface area contributed by atoms with Gasteiger partial charge in [-0.1, -0.05) is 0 Å². The Bertz CT molecular complexity index is 594. The Balaban J connectivity index is 1.93.